The van der Waals surface area contributed by atoms with Gasteiger partial charge in [0.2, 0.25) is 5.28 Å². The first kappa shape index (κ1) is 10.2. The Morgan fingerprint density at radius 1 is 1.33 bits per heavy atom. The first-order valence-electron chi connectivity index (χ1n) is 4.16. The molecule has 5 nitrogen and oxygen atoms in total. The molecule has 7 heteroatoms. The van der Waals surface area contributed by atoms with Gasteiger partial charge in [0, 0.05) is 12.4 Å². The molecule has 0 aromatic carbocycles. The Morgan fingerprint density at radius 3 is 2.93 bits per heavy atom. The van der Waals surface area contributed by atoms with E-state index in [0.29, 0.717) is 17.4 Å². The van der Waals surface area contributed by atoms with Crippen molar-refractivity contribution in [2.24, 2.45) is 0 Å². The summed E-state index contributed by atoms with van der Waals surface area (Å²) in [5.74, 6) is 1.29. The molecule has 0 bridgehead atoms. The van der Waals surface area contributed by atoms with Gasteiger partial charge in [0.25, 0.3) is 0 Å². The van der Waals surface area contributed by atoms with Crippen molar-refractivity contribution < 1.29 is 0 Å². The molecule has 0 saturated carbocycles. The zero-order valence-electron chi connectivity index (χ0n) is 7.54. The summed E-state index contributed by atoms with van der Waals surface area (Å²) in [6, 6.07) is 0. The number of hydrogen-bond acceptors (Lipinski definition) is 4. The van der Waals surface area contributed by atoms with Gasteiger partial charge in [-0.25, -0.2) is 9.97 Å². The number of aromatic amines is 1. The number of hydrogen-bond donors (Lipinski definition) is 2. The third kappa shape index (κ3) is 2.57. The predicted molar refractivity (Wildman–Crippen MR) is 58.0 cm³/mol. The molecule has 2 aromatic heterocycles. The second kappa shape index (κ2) is 4.46. The molecule has 0 spiro atoms. The van der Waals surface area contributed by atoms with Crippen LogP contribution in [0.4, 0.5) is 5.82 Å². The van der Waals surface area contributed by atoms with Crippen molar-refractivity contribution in [3.8, 4) is 0 Å². The van der Waals surface area contributed by atoms with Gasteiger partial charge in [0.05, 0.1) is 12.7 Å². The van der Waals surface area contributed by atoms with Gasteiger partial charge >= 0.3 is 0 Å². The largest absolute Gasteiger partial charge is 0.361 e. The van der Waals surface area contributed by atoms with Gasteiger partial charge in [-0.3, -0.25) is 0 Å². The van der Waals surface area contributed by atoms with E-state index in [-0.39, 0.29) is 5.28 Å². The fraction of sp³-hybridized carbons (Fsp3) is 0.125. The first-order valence-corrected chi connectivity index (χ1v) is 4.91. The third-order valence-electron chi connectivity index (χ3n) is 1.69. The molecular formula is C8H7Cl2N5. The molecule has 0 fully saturated rings. The Labute approximate surface area is 95.9 Å². The van der Waals surface area contributed by atoms with Crippen LogP contribution in [-0.2, 0) is 6.54 Å². The molecule has 0 aliphatic heterocycles. The molecule has 0 aliphatic rings. The van der Waals surface area contributed by atoms with E-state index in [0.717, 1.165) is 5.82 Å². The van der Waals surface area contributed by atoms with E-state index in [4.69, 9.17) is 23.2 Å². The summed E-state index contributed by atoms with van der Waals surface area (Å²) in [6.45, 7) is 0.500. The number of H-pyrrole nitrogens is 1. The van der Waals surface area contributed by atoms with E-state index in [2.05, 4.69) is 25.3 Å². The topological polar surface area (TPSA) is 66.5 Å². The Kier molecular flexibility index (Phi) is 3.03. The standard InChI is InChI=1S/C8H7Cl2N5/c9-5-3-14-8(10)15-7(5)13-4-6-11-1-2-12-6/h1-3H,4H2,(H,11,12)(H,13,14,15). The lowest BCUT2D eigenvalue weighted by molar-refractivity contribution is 0.982. The lowest BCUT2D eigenvalue weighted by Crippen LogP contribution is -2.04. The quantitative estimate of drug-likeness (QED) is 0.811. The molecule has 15 heavy (non-hydrogen) atoms. The normalized spacial score (nSPS) is 10.3. The Morgan fingerprint density at radius 2 is 2.20 bits per heavy atom. The van der Waals surface area contributed by atoms with Crippen LogP contribution in [0, 0.1) is 0 Å². The second-order valence-corrected chi connectivity index (χ2v) is 3.47. The Balaban J connectivity index is 2.07. The van der Waals surface area contributed by atoms with Crippen molar-refractivity contribution in [3.63, 3.8) is 0 Å². The maximum Gasteiger partial charge on any atom is 0.224 e. The van der Waals surface area contributed by atoms with Gasteiger partial charge in [-0.15, -0.1) is 0 Å². The highest BCUT2D eigenvalue weighted by molar-refractivity contribution is 6.33. The molecule has 0 unspecified atom stereocenters. The summed E-state index contributed by atoms with van der Waals surface area (Å²) in [4.78, 5) is 14.7. The van der Waals surface area contributed by atoms with Gasteiger partial charge in [0.1, 0.15) is 16.7 Å². The lowest BCUT2D eigenvalue weighted by Gasteiger charge is -2.04. The number of imidazole rings is 1. The SMILES string of the molecule is Clc1ncc(Cl)c(NCc2ncc[nH]2)n1. The Hall–Kier alpha value is -1.33. The number of halogens is 2. The number of anilines is 1. The van der Waals surface area contributed by atoms with Crippen LogP contribution in [0.5, 0.6) is 0 Å². The minimum Gasteiger partial charge on any atom is -0.361 e. The minimum atomic E-state index is 0.154. The van der Waals surface area contributed by atoms with E-state index >= 15 is 0 Å². The average Bonchev–Trinajstić information content (AvgIpc) is 2.72. The van der Waals surface area contributed by atoms with Crippen LogP contribution in [-0.4, -0.2) is 19.9 Å². The molecular weight excluding hydrogens is 237 g/mol. The highest BCUT2D eigenvalue weighted by atomic mass is 35.5. The number of nitrogens with one attached hydrogen (secondary N) is 2. The van der Waals surface area contributed by atoms with Gasteiger partial charge in [-0.1, -0.05) is 11.6 Å². The number of nitrogens with zero attached hydrogens (tertiary/aromatic N) is 3. The number of aromatic nitrogens is 4. The fourth-order valence-electron chi connectivity index (χ4n) is 1.03. The fourth-order valence-corrected chi connectivity index (χ4v) is 1.32. The predicted octanol–water partition coefficient (Wildman–Crippen LogP) is 2.12. The summed E-state index contributed by atoms with van der Waals surface area (Å²) < 4.78 is 0. The lowest BCUT2D eigenvalue weighted by atomic mass is 10.5. The van der Waals surface area contributed by atoms with E-state index in [1.54, 1.807) is 12.4 Å². The average molecular weight is 244 g/mol. The molecule has 2 rings (SSSR count). The van der Waals surface area contributed by atoms with Crippen LogP contribution in [0.1, 0.15) is 5.82 Å². The van der Waals surface area contributed by atoms with Gasteiger partial charge < -0.3 is 10.3 Å². The summed E-state index contributed by atoms with van der Waals surface area (Å²) in [6.07, 6.45) is 4.86. The van der Waals surface area contributed by atoms with E-state index < -0.39 is 0 Å². The van der Waals surface area contributed by atoms with Crippen LogP contribution in [0.3, 0.4) is 0 Å². The van der Waals surface area contributed by atoms with Crippen molar-refractivity contribution in [2.75, 3.05) is 5.32 Å². The highest BCUT2D eigenvalue weighted by Crippen LogP contribution is 2.19. The molecule has 2 aromatic rings. The minimum absolute atomic E-state index is 0.154. The smallest absolute Gasteiger partial charge is 0.224 e. The summed E-state index contributed by atoms with van der Waals surface area (Å²) in [5, 5.41) is 3.57. The van der Waals surface area contributed by atoms with E-state index in [1.807, 2.05) is 0 Å². The van der Waals surface area contributed by atoms with Gasteiger partial charge in [0.15, 0.2) is 0 Å². The maximum absolute atomic E-state index is 5.86. The van der Waals surface area contributed by atoms with Crippen LogP contribution in [0.25, 0.3) is 0 Å². The molecule has 0 amide bonds. The Bertz CT molecular complexity index is 442. The molecule has 0 saturated heterocycles. The zero-order chi connectivity index (χ0) is 10.7. The van der Waals surface area contributed by atoms with Crippen molar-refractivity contribution in [3.05, 3.63) is 34.7 Å². The second-order valence-electron chi connectivity index (χ2n) is 2.72. The van der Waals surface area contributed by atoms with E-state index in [1.165, 1.54) is 6.20 Å². The molecule has 0 radical (unpaired) electrons. The zero-order valence-corrected chi connectivity index (χ0v) is 9.05. The summed E-state index contributed by atoms with van der Waals surface area (Å²) >= 11 is 11.5. The van der Waals surface area contributed by atoms with Gasteiger partial charge in [-0.2, -0.15) is 4.98 Å². The van der Waals surface area contributed by atoms with E-state index in [9.17, 15) is 0 Å². The first-order chi connectivity index (χ1) is 7.25. The highest BCUT2D eigenvalue weighted by Gasteiger charge is 2.04. The number of rotatable bonds is 3. The third-order valence-corrected chi connectivity index (χ3v) is 2.15. The molecule has 2 heterocycles. The van der Waals surface area contributed by atoms with Crippen molar-refractivity contribution >= 4 is 29.0 Å². The van der Waals surface area contributed by atoms with Gasteiger partial charge in [-0.05, 0) is 11.6 Å². The van der Waals surface area contributed by atoms with Crippen molar-refractivity contribution in [1.82, 2.24) is 19.9 Å². The van der Waals surface area contributed by atoms with Crippen molar-refractivity contribution in [1.29, 1.82) is 0 Å². The maximum atomic E-state index is 5.86. The summed E-state index contributed by atoms with van der Waals surface area (Å²) in [5.41, 5.74) is 0. The van der Waals surface area contributed by atoms with Crippen LogP contribution in [0.2, 0.25) is 10.3 Å². The van der Waals surface area contributed by atoms with Crippen LogP contribution < -0.4 is 5.32 Å². The molecule has 78 valence electrons. The molecule has 0 atom stereocenters. The summed E-state index contributed by atoms with van der Waals surface area (Å²) in [7, 11) is 0. The monoisotopic (exact) mass is 243 g/mol. The van der Waals surface area contributed by atoms with Crippen molar-refractivity contribution in [2.45, 2.75) is 6.54 Å². The molecule has 0 aliphatic carbocycles. The molecule has 2 N–H and O–H groups in total. The van der Waals surface area contributed by atoms with Crippen LogP contribution in [0.15, 0.2) is 18.6 Å². The van der Waals surface area contributed by atoms with Crippen LogP contribution >= 0.6 is 23.2 Å².